The zero-order valence-corrected chi connectivity index (χ0v) is 8.41. The summed E-state index contributed by atoms with van der Waals surface area (Å²) in [7, 11) is 1.94. The van der Waals surface area contributed by atoms with Gasteiger partial charge in [-0.2, -0.15) is 0 Å². The fourth-order valence-electron chi connectivity index (χ4n) is 1.72. The lowest BCUT2D eigenvalue weighted by molar-refractivity contribution is 0.840. The number of nitrogen functional groups attached to an aromatic ring is 1. The molecule has 4 heteroatoms. The molecule has 74 valence electrons. The van der Waals surface area contributed by atoms with Gasteiger partial charge < -0.3 is 16.0 Å². The van der Waals surface area contributed by atoms with Gasteiger partial charge in [0.15, 0.2) is 0 Å². The predicted molar refractivity (Wildman–Crippen MR) is 57.8 cm³/mol. The van der Waals surface area contributed by atoms with Gasteiger partial charge in [-0.1, -0.05) is 0 Å². The van der Waals surface area contributed by atoms with Crippen LogP contribution in [0.25, 0.3) is 11.0 Å². The highest BCUT2D eigenvalue weighted by Gasteiger charge is 2.11. The van der Waals surface area contributed by atoms with Crippen molar-refractivity contribution in [3.05, 3.63) is 23.5 Å². The van der Waals surface area contributed by atoms with Gasteiger partial charge in [0.05, 0.1) is 11.4 Å². The number of nitrogens with two attached hydrogens (primary N) is 2. The van der Waals surface area contributed by atoms with Crippen LogP contribution in [-0.4, -0.2) is 9.55 Å². The molecule has 0 radical (unpaired) electrons. The molecule has 0 saturated carbocycles. The van der Waals surface area contributed by atoms with Crippen LogP contribution in [0.2, 0.25) is 0 Å². The van der Waals surface area contributed by atoms with Gasteiger partial charge in [0.1, 0.15) is 5.65 Å². The summed E-state index contributed by atoms with van der Waals surface area (Å²) in [6.07, 6.45) is 0. The lowest BCUT2D eigenvalue weighted by atomic mass is 10.2. The molecule has 0 aliphatic carbocycles. The quantitative estimate of drug-likeness (QED) is 0.702. The number of anilines is 1. The van der Waals surface area contributed by atoms with E-state index in [1.165, 1.54) is 0 Å². The first-order chi connectivity index (χ1) is 6.65. The minimum absolute atomic E-state index is 0.442. The molecule has 0 bridgehead atoms. The summed E-state index contributed by atoms with van der Waals surface area (Å²) >= 11 is 0. The summed E-state index contributed by atoms with van der Waals surface area (Å²) in [5.74, 6) is 0. The number of fused-ring (bicyclic) bond motifs is 1. The second-order valence-electron chi connectivity index (χ2n) is 3.45. The molecule has 4 N–H and O–H groups in total. The Morgan fingerprint density at radius 2 is 2.14 bits per heavy atom. The first-order valence-corrected chi connectivity index (χ1v) is 4.55. The number of hydrogen-bond acceptors (Lipinski definition) is 3. The third-order valence-electron chi connectivity index (χ3n) is 2.53. The van der Waals surface area contributed by atoms with Gasteiger partial charge in [-0.15, -0.1) is 0 Å². The number of pyridine rings is 1. The van der Waals surface area contributed by atoms with Crippen molar-refractivity contribution in [3.8, 4) is 0 Å². The molecular weight excluding hydrogens is 176 g/mol. The molecule has 4 nitrogen and oxygen atoms in total. The molecule has 2 heterocycles. The van der Waals surface area contributed by atoms with Crippen molar-refractivity contribution in [3.63, 3.8) is 0 Å². The molecule has 0 aromatic carbocycles. The predicted octanol–water partition coefficient (Wildman–Crippen LogP) is 0.923. The van der Waals surface area contributed by atoms with Crippen LogP contribution in [0.15, 0.2) is 12.1 Å². The summed E-state index contributed by atoms with van der Waals surface area (Å²) in [5, 5.41) is 0.985. The second kappa shape index (κ2) is 2.99. The van der Waals surface area contributed by atoms with E-state index < -0.39 is 0 Å². The Kier molecular flexibility index (Phi) is 1.93. The molecule has 2 aromatic rings. The Labute approximate surface area is 82.5 Å². The lowest BCUT2D eigenvalue weighted by Gasteiger charge is -2.00. The summed E-state index contributed by atoms with van der Waals surface area (Å²) in [4.78, 5) is 4.43. The van der Waals surface area contributed by atoms with Crippen LogP contribution in [0.4, 0.5) is 5.69 Å². The Morgan fingerprint density at radius 3 is 2.79 bits per heavy atom. The third-order valence-corrected chi connectivity index (χ3v) is 2.53. The Hall–Kier alpha value is -1.55. The van der Waals surface area contributed by atoms with Gasteiger partial charge in [0, 0.05) is 24.7 Å². The zero-order valence-electron chi connectivity index (χ0n) is 8.41. The van der Waals surface area contributed by atoms with Crippen LogP contribution < -0.4 is 11.5 Å². The maximum Gasteiger partial charge on any atom is 0.142 e. The van der Waals surface area contributed by atoms with Crippen LogP contribution in [0.5, 0.6) is 0 Å². The lowest BCUT2D eigenvalue weighted by Crippen LogP contribution is -2.05. The molecule has 0 atom stereocenters. The van der Waals surface area contributed by atoms with E-state index in [9.17, 15) is 0 Å². The van der Waals surface area contributed by atoms with Crippen molar-refractivity contribution < 1.29 is 0 Å². The SMILES string of the molecule is Cc1ccc2c(N)c(CN)n(C)c2n1. The monoisotopic (exact) mass is 190 g/mol. The Morgan fingerprint density at radius 1 is 1.43 bits per heavy atom. The second-order valence-corrected chi connectivity index (χ2v) is 3.45. The maximum absolute atomic E-state index is 5.96. The molecule has 0 amide bonds. The van der Waals surface area contributed by atoms with E-state index in [1.807, 2.05) is 30.7 Å². The van der Waals surface area contributed by atoms with E-state index in [4.69, 9.17) is 11.5 Å². The maximum atomic E-state index is 5.96. The molecule has 2 aromatic heterocycles. The van der Waals surface area contributed by atoms with Gasteiger partial charge in [-0.3, -0.25) is 0 Å². The number of aryl methyl sites for hydroxylation is 2. The van der Waals surface area contributed by atoms with E-state index in [0.29, 0.717) is 6.54 Å². The number of aromatic nitrogens is 2. The highest BCUT2D eigenvalue weighted by atomic mass is 15.0. The van der Waals surface area contributed by atoms with E-state index in [1.54, 1.807) is 0 Å². The Bertz CT molecular complexity index is 484. The first kappa shape index (κ1) is 9.02. The van der Waals surface area contributed by atoms with Crippen LogP contribution in [0, 0.1) is 6.92 Å². The highest BCUT2D eigenvalue weighted by molar-refractivity contribution is 5.91. The van der Waals surface area contributed by atoms with Gasteiger partial charge in [0.25, 0.3) is 0 Å². The molecule has 14 heavy (non-hydrogen) atoms. The fraction of sp³-hybridized carbons (Fsp3) is 0.300. The number of hydrogen-bond donors (Lipinski definition) is 2. The third kappa shape index (κ3) is 1.08. The molecule has 0 spiro atoms. The van der Waals surface area contributed by atoms with Gasteiger partial charge in [-0.05, 0) is 19.1 Å². The molecule has 2 rings (SSSR count). The molecule has 0 unspecified atom stereocenters. The summed E-state index contributed by atoms with van der Waals surface area (Å²) < 4.78 is 1.96. The first-order valence-electron chi connectivity index (χ1n) is 4.55. The number of rotatable bonds is 1. The van der Waals surface area contributed by atoms with Crippen molar-refractivity contribution >= 4 is 16.7 Å². The van der Waals surface area contributed by atoms with Gasteiger partial charge in [0.2, 0.25) is 0 Å². The molecule has 0 fully saturated rings. The van der Waals surface area contributed by atoms with Crippen molar-refractivity contribution in [2.45, 2.75) is 13.5 Å². The van der Waals surface area contributed by atoms with Crippen LogP contribution in [-0.2, 0) is 13.6 Å². The zero-order chi connectivity index (χ0) is 10.3. The van der Waals surface area contributed by atoms with Crippen molar-refractivity contribution in [2.24, 2.45) is 12.8 Å². The average Bonchev–Trinajstić information content (AvgIpc) is 2.39. The van der Waals surface area contributed by atoms with Crippen LogP contribution >= 0.6 is 0 Å². The normalized spacial score (nSPS) is 11.1. The molecule has 0 aliphatic rings. The van der Waals surface area contributed by atoms with E-state index >= 15 is 0 Å². The molecule has 0 aliphatic heterocycles. The van der Waals surface area contributed by atoms with E-state index in [2.05, 4.69) is 4.98 Å². The Balaban J connectivity index is 2.87. The summed E-state index contributed by atoms with van der Waals surface area (Å²) in [6.45, 7) is 2.41. The van der Waals surface area contributed by atoms with Crippen LogP contribution in [0.3, 0.4) is 0 Å². The summed E-state index contributed by atoms with van der Waals surface area (Å²) in [5.41, 5.74) is 15.2. The largest absolute Gasteiger partial charge is 0.397 e. The number of nitrogens with zero attached hydrogens (tertiary/aromatic N) is 2. The average molecular weight is 190 g/mol. The standard InChI is InChI=1S/C10H14N4/c1-6-3-4-7-9(12)8(5-11)14(2)10(7)13-6/h3-4H,5,11-12H2,1-2H3. The topological polar surface area (TPSA) is 69.9 Å². The van der Waals surface area contributed by atoms with Crippen molar-refractivity contribution in [1.82, 2.24) is 9.55 Å². The van der Waals surface area contributed by atoms with Crippen molar-refractivity contribution in [2.75, 3.05) is 5.73 Å². The van der Waals surface area contributed by atoms with Crippen LogP contribution in [0.1, 0.15) is 11.4 Å². The highest BCUT2D eigenvalue weighted by Crippen LogP contribution is 2.25. The fourth-order valence-corrected chi connectivity index (χ4v) is 1.72. The van der Waals surface area contributed by atoms with Crippen molar-refractivity contribution in [1.29, 1.82) is 0 Å². The van der Waals surface area contributed by atoms with Gasteiger partial charge >= 0.3 is 0 Å². The van der Waals surface area contributed by atoms with E-state index in [0.717, 1.165) is 28.1 Å². The van der Waals surface area contributed by atoms with E-state index in [-0.39, 0.29) is 0 Å². The molecular formula is C10H14N4. The smallest absolute Gasteiger partial charge is 0.142 e. The summed E-state index contributed by atoms with van der Waals surface area (Å²) in [6, 6.07) is 3.95. The van der Waals surface area contributed by atoms with Gasteiger partial charge in [-0.25, -0.2) is 4.98 Å². The minimum Gasteiger partial charge on any atom is -0.397 e. The molecule has 0 saturated heterocycles. The minimum atomic E-state index is 0.442.